The van der Waals surface area contributed by atoms with Gasteiger partial charge in [-0.05, 0) is 19.9 Å². The molecule has 0 aliphatic carbocycles. The van der Waals surface area contributed by atoms with Crippen LogP contribution in [0.4, 0.5) is 0 Å². The van der Waals surface area contributed by atoms with E-state index < -0.39 is 10.2 Å². The summed E-state index contributed by atoms with van der Waals surface area (Å²) in [6.07, 6.45) is 0.440. The molecule has 1 aromatic rings. The summed E-state index contributed by atoms with van der Waals surface area (Å²) >= 11 is 0. The first-order valence-corrected chi connectivity index (χ1v) is 9.04. The van der Waals surface area contributed by atoms with Crippen LogP contribution in [0.2, 0.25) is 0 Å². The molecule has 1 saturated heterocycles. The minimum Gasteiger partial charge on any atom is -0.493 e. The van der Waals surface area contributed by atoms with Gasteiger partial charge in [-0.25, -0.2) is 0 Å². The predicted octanol–water partition coefficient (Wildman–Crippen LogP) is 1.45. The molecule has 6 nitrogen and oxygen atoms in total. The summed E-state index contributed by atoms with van der Waals surface area (Å²) in [4.78, 5) is 0. The lowest BCUT2D eigenvalue weighted by atomic mass is 10.0. The van der Waals surface area contributed by atoms with Crippen molar-refractivity contribution in [3.63, 3.8) is 0 Å². The lowest BCUT2D eigenvalue weighted by Gasteiger charge is -2.36. The number of rotatable bonds is 3. The lowest BCUT2D eigenvalue weighted by molar-refractivity contribution is -0.0445. The second-order valence-electron chi connectivity index (χ2n) is 5.92. The molecule has 2 aliphatic heterocycles. The molecule has 0 amide bonds. The Hall–Kier alpha value is -1.15. The van der Waals surface area contributed by atoms with Crippen LogP contribution in [0.15, 0.2) is 24.3 Å². The van der Waals surface area contributed by atoms with Crippen LogP contribution in [-0.2, 0) is 14.9 Å². The van der Waals surface area contributed by atoms with E-state index in [0.29, 0.717) is 26.1 Å². The van der Waals surface area contributed by atoms with Crippen LogP contribution in [0.1, 0.15) is 31.9 Å². The van der Waals surface area contributed by atoms with Gasteiger partial charge in [0.1, 0.15) is 5.75 Å². The van der Waals surface area contributed by atoms with Gasteiger partial charge < -0.3 is 9.47 Å². The zero-order valence-electron chi connectivity index (χ0n) is 12.9. The van der Waals surface area contributed by atoms with Crippen LogP contribution < -0.4 is 9.46 Å². The van der Waals surface area contributed by atoms with E-state index in [-0.39, 0.29) is 18.2 Å². The Morgan fingerprint density at radius 2 is 1.86 bits per heavy atom. The van der Waals surface area contributed by atoms with Crippen molar-refractivity contribution in [3.8, 4) is 5.75 Å². The van der Waals surface area contributed by atoms with Crippen LogP contribution in [0.25, 0.3) is 0 Å². The van der Waals surface area contributed by atoms with E-state index in [1.165, 1.54) is 4.31 Å². The fraction of sp³-hybridized carbons (Fsp3) is 0.600. The quantitative estimate of drug-likeness (QED) is 0.913. The van der Waals surface area contributed by atoms with Crippen molar-refractivity contribution in [3.05, 3.63) is 29.8 Å². The van der Waals surface area contributed by atoms with Crippen LogP contribution in [0, 0.1) is 0 Å². The Morgan fingerprint density at radius 1 is 1.18 bits per heavy atom. The van der Waals surface area contributed by atoms with Gasteiger partial charge in [-0.15, -0.1) is 0 Å². The molecule has 3 atom stereocenters. The Balaban J connectivity index is 1.78. The van der Waals surface area contributed by atoms with Gasteiger partial charge >= 0.3 is 0 Å². The number of hydrogen-bond acceptors (Lipinski definition) is 4. The largest absolute Gasteiger partial charge is 0.493 e. The highest BCUT2D eigenvalue weighted by molar-refractivity contribution is 7.87. The van der Waals surface area contributed by atoms with Crippen molar-refractivity contribution in [1.82, 2.24) is 9.03 Å². The maximum atomic E-state index is 12.7. The second-order valence-corrected chi connectivity index (χ2v) is 7.63. The fourth-order valence-corrected chi connectivity index (χ4v) is 4.61. The fourth-order valence-electron chi connectivity index (χ4n) is 3.05. The van der Waals surface area contributed by atoms with Crippen molar-refractivity contribution in [2.24, 2.45) is 0 Å². The molecule has 0 bridgehead atoms. The molecule has 0 aromatic heterocycles. The van der Waals surface area contributed by atoms with Gasteiger partial charge in [-0.1, -0.05) is 18.2 Å². The standard InChI is InChI=1S/C15H22N2O4S/c1-11-9-17(10-12(2)21-11)22(18,19)16-14-7-8-20-15-6-4-3-5-13(14)15/h3-6,11-12,14,16H,7-10H2,1-2H3/t11-,12-,14-/m1/s1. The first-order valence-electron chi connectivity index (χ1n) is 7.60. The van der Waals surface area contributed by atoms with Crippen molar-refractivity contribution < 1.29 is 17.9 Å². The van der Waals surface area contributed by atoms with Gasteiger partial charge in [0.25, 0.3) is 10.2 Å². The first-order chi connectivity index (χ1) is 10.5. The Kier molecular flexibility index (Phi) is 4.40. The smallest absolute Gasteiger partial charge is 0.280 e. The monoisotopic (exact) mass is 326 g/mol. The second kappa shape index (κ2) is 6.16. The summed E-state index contributed by atoms with van der Waals surface area (Å²) in [5, 5.41) is 0. The van der Waals surface area contributed by atoms with E-state index in [2.05, 4.69) is 4.72 Å². The lowest BCUT2D eigenvalue weighted by Crippen LogP contribution is -2.52. The average molecular weight is 326 g/mol. The number of fused-ring (bicyclic) bond motifs is 1. The molecule has 2 aliphatic rings. The van der Waals surface area contributed by atoms with Crippen molar-refractivity contribution in [2.45, 2.75) is 38.5 Å². The van der Waals surface area contributed by atoms with E-state index in [9.17, 15) is 8.42 Å². The third-order valence-electron chi connectivity index (χ3n) is 3.98. The minimum absolute atomic E-state index is 0.0951. The predicted molar refractivity (Wildman–Crippen MR) is 82.9 cm³/mol. The Morgan fingerprint density at radius 3 is 2.59 bits per heavy atom. The van der Waals surface area contributed by atoms with Crippen molar-refractivity contribution in [2.75, 3.05) is 19.7 Å². The molecule has 0 unspecified atom stereocenters. The van der Waals surface area contributed by atoms with Crippen molar-refractivity contribution in [1.29, 1.82) is 0 Å². The van der Waals surface area contributed by atoms with Crippen LogP contribution in [0.3, 0.4) is 0 Å². The number of benzene rings is 1. The summed E-state index contributed by atoms with van der Waals surface area (Å²) in [5.74, 6) is 0.755. The topological polar surface area (TPSA) is 67.9 Å². The number of hydrogen-bond donors (Lipinski definition) is 1. The molecule has 2 heterocycles. The zero-order chi connectivity index (χ0) is 15.7. The third-order valence-corrected chi connectivity index (χ3v) is 5.54. The number of nitrogens with zero attached hydrogens (tertiary/aromatic N) is 1. The van der Waals surface area contributed by atoms with Crippen LogP contribution in [0.5, 0.6) is 5.75 Å². The number of ether oxygens (including phenoxy) is 2. The number of para-hydroxylation sites is 1. The van der Waals surface area contributed by atoms with E-state index in [1.807, 2.05) is 38.1 Å². The average Bonchev–Trinajstić information content (AvgIpc) is 2.46. The third kappa shape index (κ3) is 3.27. The molecular formula is C15H22N2O4S. The molecule has 1 fully saturated rings. The molecule has 0 spiro atoms. The molecule has 22 heavy (non-hydrogen) atoms. The number of nitrogens with one attached hydrogen (secondary N) is 1. The van der Waals surface area contributed by atoms with Crippen LogP contribution >= 0.6 is 0 Å². The maximum absolute atomic E-state index is 12.7. The van der Waals surface area contributed by atoms with Gasteiger partial charge in [0.15, 0.2) is 0 Å². The zero-order valence-corrected chi connectivity index (χ0v) is 13.7. The van der Waals surface area contributed by atoms with E-state index in [0.717, 1.165) is 11.3 Å². The molecule has 3 rings (SSSR count). The Labute approximate surface area is 131 Å². The van der Waals surface area contributed by atoms with E-state index in [4.69, 9.17) is 9.47 Å². The highest BCUT2D eigenvalue weighted by Gasteiger charge is 2.34. The van der Waals surface area contributed by atoms with Gasteiger partial charge in [-0.3, -0.25) is 0 Å². The van der Waals surface area contributed by atoms with E-state index in [1.54, 1.807) is 0 Å². The molecule has 1 aromatic carbocycles. The first kappa shape index (κ1) is 15.7. The van der Waals surface area contributed by atoms with Crippen LogP contribution in [-0.4, -0.2) is 44.6 Å². The molecule has 0 saturated carbocycles. The highest BCUT2D eigenvalue weighted by atomic mass is 32.2. The number of morpholine rings is 1. The summed E-state index contributed by atoms with van der Waals surface area (Å²) < 4.78 is 40.8. The Bertz CT molecular complexity index is 624. The summed E-state index contributed by atoms with van der Waals surface area (Å²) in [6.45, 7) is 5.05. The molecular weight excluding hydrogens is 304 g/mol. The van der Waals surface area contributed by atoms with Gasteiger partial charge in [-0.2, -0.15) is 17.4 Å². The van der Waals surface area contributed by atoms with E-state index >= 15 is 0 Å². The van der Waals surface area contributed by atoms with Gasteiger partial charge in [0, 0.05) is 25.1 Å². The van der Waals surface area contributed by atoms with Crippen molar-refractivity contribution >= 4 is 10.2 Å². The molecule has 1 N–H and O–H groups in total. The molecule has 7 heteroatoms. The molecule has 0 radical (unpaired) electrons. The van der Waals surface area contributed by atoms with Gasteiger partial charge in [0.05, 0.1) is 24.9 Å². The maximum Gasteiger partial charge on any atom is 0.280 e. The van der Waals surface area contributed by atoms with Gasteiger partial charge in [0.2, 0.25) is 0 Å². The highest BCUT2D eigenvalue weighted by Crippen LogP contribution is 2.32. The summed E-state index contributed by atoms with van der Waals surface area (Å²) in [7, 11) is -3.54. The summed E-state index contributed by atoms with van der Waals surface area (Å²) in [5.41, 5.74) is 0.895. The minimum atomic E-state index is -3.54. The summed E-state index contributed by atoms with van der Waals surface area (Å²) in [6, 6.07) is 7.32. The normalized spacial score (nSPS) is 29.6. The SMILES string of the molecule is C[C@@H]1CN(S(=O)(=O)N[C@@H]2CCOc3ccccc32)C[C@@H](C)O1. The molecule has 122 valence electrons.